The summed E-state index contributed by atoms with van der Waals surface area (Å²) < 4.78 is 5.27. The number of hydrogen-bond donors (Lipinski definition) is 1. The molecule has 0 atom stereocenters. The predicted octanol–water partition coefficient (Wildman–Crippen LogP) is 2.41. The van der Waals surface area contributed by atoms with Gasteiger partial charge in [-0.1, -0.05) is 12.1 Å². The van der Waals surface area contributed by atoms with Crippen molar-refractivity contribution in [2.45, 2.75) is 58.0 Å². The van der Waals surface area contributed by atoms with E-state index in [-0.39, 0.29) is 0 Å². The van der Waals surface area contributed by atoms with Gasteiger partial charge in [0, 0.05) is 18.6 Å². The van der Waals surface area contributed by atoms with Gasteiger partial charge in [-0.3, -0.25) is 0 Å². The quantitative estimate of drug-likeness (QED) is 0.931. The Bertz CT molecular complexity index is 603. The van der Waals surface area contributed by atoms with Gasteiger partial charge in [-0.2, -0.15) is 4.98 Å². The molecule has 2 heterocycles. The summed E-state index contributed by atoms with van der Waals surface area (Å²) >= 11 is 0. The van der Waals surface area contributed by atoms with Crippen molar-refractivity contribution in [3.63, 3.8) is 0 Å². The predicted molar refractivity (Wildman–Crippen MR) is 82.2 cm³/mol. The highest BCUT2D eigenvalue weighted by molar-refractivity contribution is 5.88. The molecule has 3 rings (SSSR count). The Hall–Kier alpha value is -1.69. The molecule has 1 saturated carbocycles. The van der Waals surface area contributed by atoms with E-state index in [1.54, 1.807) is 6.33 Å². The first-order valence-corrected chi connectivity index (χ1v) is 7.80. The molecule has 0 unspecified atom stereocenters. The van der Waals surface area contributed by atoms with Crippen LogP contribution in [0.3, 0.4) is 0 Å². The van der Waals surface area contributed by atoms with Gasteiger partial charge in [0.05, 0.1) is 5.69 Å². The van der Waals surface area contributed by atoms with Gasteiger partial charge in [-0.05, 0) is 39.0 Å². The van der Waals surface area contributed by atoms with Gasteiger partial charge in [-0.15, -0.1) is 0 Å². The largest absolute Gasteiger partial charge is 0.353 e. The van der Waals surface area contributed by atoms with Crippen molar-refractivity contribution in [3.05, 3.63) is 12.0 Å². The Kier molecular flexibility index (Phi) is 4.05. The van der Waals surface area contributed by atoms with E-state index >= 15 is 0 Å². The van der Waals surface area contributed by atoms with Gasteiger partial charge in [0.25, 0.3) is 5.71 Å². The molecule has 1 fully saturated rings. The monoisotopic (exact) mass is 289 g/mol. The standard InChI is InChI=1S/C15H23N5O/c1-3-8-20(12-6-4-11(16)5-7-12)14-13-10(2)19-21-15(13)18-9-17-14/h9,11-12H,3-8,16H2,1-2H3. The molecule has 0 bridgehead atoms. The minimum absolute atomic E-state index is 0.354. The SMILES string of the molecule is CCCN(c1ncnc2onc(C)c12)C1CCC(N)CC1. The Labute approximate surface area is 124 Å². The summed E-state index contributed by atoms with van der Waals surface area (Å²) in [6.07, 6.45) is 7.06. The molecule has 6 heteroatoms. The van der Waals surface area contributed by atoms with E-state index in [1.807, 2.05) is 6.92 Å². The molecule has 1 aliphatic rings. The fourth-order valence-corrected chi connectivity index (χ4v) is 3.24. The molecule has 21 heavy (non-hydrogen) atoms. The van der Waals surface area contributed by atoms with Crippen molar-refractivity contribution in [1.29, 1.82) is 0 Å². The zero-order valence-electron chi connectivity index (χ0n) is 12.7. The molecule has 0 radical (unpaired) electrons. The van der Waals surface area contributed by atoms with Gasteiger partial charge < -0.3 is 15.2 Å². The van der Waals surface area contributed by atoms with E-state index in [4.69, 9.17) is 10.3 Å². The van der Waals surface area contributed by atoms with Crippen molar-refractivity contribution >= 4 is 16.9 Å². The van der Waals surface area contributed by atoms with Crippen molar-refractivity contribution in [3.8, 4) is 0 Å². The number of aryl methyl sites for hydroxylation is 1. The second-order valence-electron chi connectivity index (χ2n) is 5.91. The Morgan fingerprint density at radius 1 is 1.29 bits per heavy atom. The van der Waals surface area contributed by atoms with Gasteiger partial charge in [0.1, 0.15) is 17.5 Å². The highest BCUT2D eigenvalue weighted by Gasteiger charge is 2.27. The van der Waals surface area contributed by atoms with Crippen LogP contribution in [0, 0.1) is 6.92 Å². The van der Waals surface area contributed by atoms with E-state index in [2.05, 4.69) is 26.9 Å². The Morgan fingerprint density at radius 2 is 2.05 bits per heavy atom. The third-order valence-corrected chi connectivity index (χ3v) is 4.34. The van der Waals surface area contributed by atoms with E-state index in [0.29, 0.717) is 17.8 Å². The summed E-state index contributed by atoms with van der Waals surface area (Å²) in [5, 5.41) is 4.98. The van der Waals surface area contributed by atoms with Gasteiger partial charge in [0.2, 0.25) is 0 Å². The highest BCUT2D eigenvalue weighted by Crippen LogP contribution is 2.31. The van der Waals surface area contributed by atoms with Crippen LogP contribution in [-0.4, -0.2) is 33.8 Å². The molecular formula is C15H23N5O. The number of anilines is 1. The molecule has 2 aromatic heterocycles. The summed E-state index contributed by atoms with van der Waals surface area (Å²) in [7, 11) is 0. The topological polar surface area (TPSA) is 81.1 Å². The zero-order valence-corrected chi connectivity index (χ0v) is 12.7. The number of hydrogen-bond acceptors (Lipinski definition) is 6. The number of aromatic nitrogens is 3. The van der Waals surface area contributed by atoms with Crippen molar-refractivity contribution in [1.82, 2.24) is 15.1 Å². The second-order valence-corrected chi connectivity index (χ2v) is 5.91. The molecule has 0 amide bonds. The first kappa shape index (κ1) is 14.3. The Balaban J connectivity index is 1.97. The molecular weight excluding hydrogens is 266 g/mol. The molecule has 0 aromatic carbocycles. The molecule has 0 aliphatic heterocycles. The van der Waals surface area contributed by atoms with Crippen LogP contribution < -0.4 is 10.6 Å². The van der Waals surface area contributed by atoms with Gasteiger partial charge in [-0.25, -0.2) is 4.98 Å². The van der Waals surface area contributed by atoms with Crippen LogP contribution in [0.4, 0.5) is 5.82 Å². The molecule has 6 nitrogen and oxygen atoms in total. The third kappa shape index (κ3) is 2.72. The summed E-state index contributed by atoms with van der Waals surface area (Å²) in [5.74, 6) is 0.959. The van der Waals surface area contributed by atoms with Gasteiger partial charge >= 0.3 is 0 Å². The number of rotatable bonds is 4. The fraction of sp³-hybridized carbons (Fsp3) is 0.667. The van der Waals surface area contributed by atoms with Crippen molar-refractivity contribution in [2.24, 2.45) is 5.73 Å². The second kappa shape index (κ2) is 5.97. The average Bonchev–Trinajstić information content (AvgIpc) is 2.88. The first-order chi connectivity index (χ1) is 10.2. The van der Waals surface area contributed by atoms with E-state index < -0.39 is 0 Å². The fourth-order valence-electron chi connectivity index (χ4n) is 3.24. The number of nitrogens with zero attached hydrogens (tertiary/aromatic N) is 4. The maximum Gasteiger partial charge on any atom is 0.263 e. The Morgan fingerprint density at radius 3 is 2.76 bits per heavy atom. The van der Waals surface area contributed by atoms with Crippen LogP contribution in [0.15, 0.2) is 10.9 Å². The lowest BCUT2D eigenvalue weighted by Crippen LogP contribution is -2.42. The summed E-state index contributed by atoms with van der Waals surface area (Å²) in [6, 6.07) is 0.852. The number of fused-ring (bicyclic) bond motifs is 1. The minimum Gasteiger partial charge on any atom is -0.353 e. The summed E-state index contributed by atoms with van der Waals surface area (Å²) in [4.78, 5) is 11.1. The van der Waals surface area contributed by atoms with E-state index in [0.717, 1.165) is 55.5 Å². The maximum absolute atomic E-state index is 6.04. The summed E-state index contributed by atoms with van der Waals surface area (Å²) in [5.41, 5.74) is 7.47. The van der Waals surface area contributed by atoms with Crippen molar-refractivity contribution in [2.75, 3.05) is 11.4 Å². The molecule has 0 spiro atoms. The molecule has 0 saturated heterocycles. The summed E-state index contributed by atoms with van der Waals surface area (Å²) in [6.45, 7) is 5.12. The lowest BCUT2D eigenvalue weighted by Gasteiger charge is -2.37. The van der Waals surface area contributed by atoms with Gasteiger partial charge in [0.15, 0.2) is 0 Å². The average molecular weight is 289 g/mol. The van der Waals surface area contributed by atoms with E-state index in [9.17, 15) is 0 Å². The van der Waals surface area contributed by atoms with Crippen LogP contribution in [0.5, 0.6) is 0 Å². The number of nitrogens with two attached hydrogens (primary N) is 1. The van der Waals surface area contributed by atoms with Crippen LogP contribution >= 0.6 is 0 Å². The maximum atomic E-state index is 6.04. The normalized spacial score (nSPS) is 22.6. The molecule has 1 aliphatic carbocycles. The molecule has 2 N–H and O–H groups in total. The minimum atomic E-state index is 0.354. The van der Waals surface area contributed by atoms with E-state index in [1.165, 1.54) is 0 Å². The molecule has 114 valence electrons. The van der Waals surface area contributed by atoms with Crippen LogP contribution in [-0.2, 0) is 0 Å². The van der Waals surface area contributed by atoms with Crippen LogP contribution in [0.25, 0.3) is 11.1 Å². The molecule has 2 aromatic rings. The lowest BCUT2D eigenvalue weighted by molar-refractivity contribution is 0.374. The smallest absolute Gasteiger partial charge is 0.263 e. The van der Waals surface area contributed by atoms with Crippen LogP contribution in [0.1, 0.15) is 44.7 Å². The highest BCUT2D eigenvalue weighted by atomic mass is 16.5. The lowest BCUT2D eigenvalue weighted by atomic mass is 9.90. The van der Waals surface area contributed by atoms with Crippen molar-refractivity contribution < 1.29 is 4.52 Å². The van der Waals surface area contributed by atoms with Crippen LogP contribution in [0.2, 0.25) is 0 Å². The third-order valence-electron chi connectivity index (χ3n) is 4.34. The zero-order chi connectivity index (χ0) is 14.8. The first-order valence-electron chi connectivity index (χ1n) is 7.80.